The fraction of sp³-hybridized carbons (Fsp3) is 0.276. The summed E-state index contributed by atoms with van der Waals surface area (Å²) in [6.07, 6.45) is -0.125. The number of benzene rings is 3. The predicted molar refractivity (Wildman–Crippen MR) is 137 cm³/mol. The van der Waals surface area contributed by atoms with Crippen molar-refractivity contribution in [3.05, 3.63) is 59.7 Å². The van der Waals surface area contributed by atoms with Crippen molar-refractivity contribution in [2.24, 2.45) is 5.92 Å². The second kappa shape index (κ2) is 6.76. The van der Waals surface area contributed by atoms with Crippen LogP contribution in [0.5, 0.6) is 0 Å². The van der Waals surface area contributed by atoms with Gasteiger partial charge in [-0.25, -0.2) is 0 Å². The topological polar surface area (TPSA) is 109 Å². The zero-order valence-corrected chi connectivity index (χ0v) is 20.2. The molecule has 182 valence electrons. The van der Waals surface area contributed by atoms with E-state index in [2.05, 4.69) is 20.9 Å². The fourth-order valence-electron chi connectivity index (χ4n) is 6.95. The van der Waals surface area contributed by atoms with Crippen LogP contribution in [-0.2, 0) is 9.47 Å². The Morgan fingerprint density at radius 1 is 0.946 bits per heavy atom. The number of carbonyl (C=O) groups excluding carboxylic acids is 2. The molecule has 8 heteroatoms. The molecule has 2 N–H and O–H groups in total. The van der Waals surface area contributed by atoms with E-state index in [9.17, 15) is 14.9 Å². The van der Waals surface area contributed by atoms with Gasteiger partial charge in [-0.1, -0.05) is 36.4 Å². The van der Waals surface area contributed by atoms with Gasteiger partial charge in [0.1, 0.15) is 12.2 Å². The van der Waals surface area contributed by atoms with Crippen LogP contribution in [0.3, 0.4) is 0 Å². The number of rotatable bonds is 1. The van der Waals surface area contributed by atoms with Crippen LogP contribution in [0.1, 0.15) is 47.0 Å². The van der Waals surface area contributed by atoms with Gasteiger partial charge >= 0.3 is 0 Å². The molecule has 2 aliphatic heterocycles. The quantitative estimate of drug-likeness (QED) is 0.324. The van der Waals surface area contributed by atoms with Crippen molar-refractivity contribution in [1.82, 2.24) is 14.9 Å². The lowest BCUT2D eigenvalue weighted by atomic mass is 9.96. The highest BCUT2D eigenvalue weighted by molar-refractivity contribution is 6.39. The van der Waals surface area contributed by atoms with E-state index in [4.69, 9.17) is 9.47 Å². The van der Waals surface area contributed by atoms with E-state index in [1.165, 1.54) is 0 Å². The van der Waals surface area contributed by atoms with Gasteiger partial charge in [-0.15, -0.1) is 0 Å². The third-order valence-corrected chi connectivity index (χ3v) is 8.22. The maximum absolute atomic E-state index is 13.3. The molecule has 8 nitrogen and oxygen atoms in total. The van der Waals surface area contributed by atoms with Gasteiger partial charge < -0.3 is 19.0 Å². The van der Waals surface area contributed by atoms with E-state index in [-0.39, 0.29) is 36.0 Å². The largest absolute Gasteiger partial charge is 0.353 e. The molecule has 1 saturated carbocycles. The molecule has 2 aromatic heterocycles. The molecule has 1 aliphatic carbocycles. The lowest BCUT2D eigenvalue weighted by Crippen LogP contribution is -2.27. The van der Waals surface area contributed by atoms with E-state index >= 15 is 0 Å². The first-order chi connectivity index (χ1) is 17.9. The first-order valence-corrected chi connectivity index (χ1v) is 12.5. The number of hydrogen-bond donors (Lipinski definition) is 2. The van der Waals surface area contributed by atoms with E-state index < -0.39 is 5.79 Å². The first kappa shape index (κ1) is 20.9. The van der Waals surface area contributed by atoms with Gasteiger partial charge in [0.25, 0.3) is 11.8 Å². The number of nitrogens with zero attached hydrogens (tertiary/aromatic N) is 2. The average Bonchev–Trinajstić information content (AvgIpc) is 3.64. The minimum atomic E-state index is -0.800. The zero-order valence-electron chi connectivity index (χ0n) is 20.2. The average molecular weight is 491 g/mol. The zero-order chi connectivity index (χ0) is 25.2. The molecule has 0 radical (unpaired) electrons. The van der Waals surface area contributed by atoms with Gasteiger partial charge in [0, 0.05) is 32.6 Å². The van der Waals surface area contributed by atoms with Crippen molar-refractivity contribution in [3.63, 3.8) is 0 Å². The molecule has 3 aliphatic rings. The van der Waals surface area contributed by atoms with Gasteiger partial charge in [0.2, 0.25) is 0 Å². The number of nitrogens with one attached hydrogen (secondary N) is 2. The normalized spacial score (nSPS) is 26.3. The highest BCUT2D eigenvalue weighted by Gasteiger charge is 2.55. The molecule has 37 heavy (non-hydrogen) atoms. The van der Waals surface area contributed by atoms with Crippen molar-refractivity contribution in [3.8, 4) is 6.07 Å². The number of aromatic amines is 1. The second-order valence-electron chi connectivity index (χ2n) is 10.7. The summed E-state index contributed by atoms with van der Waals surface area (Å²) in [4.78, 5) is 30.0. The van der Waals surface area contributed by atoms with Crippen LogP contribution in [0, 0.1) is 17.2 Å². The number of ether oxygens (including phenoxy) is 2. The minimum Gasteiger partial charge on any atom is -0.353 e. The lowest BCUT2D eigenvalue weighted by molar-refractivity contribution is -0.157. The Morgan fingerprint density at radius 3 is 2.41 bits per heavy atom. The number of nitriles is 1. The van der Waals surface area contributed by atoms with Crippen molar-refractivity contribution >= 4 is 55.4 Å². The molecular weight excluding hydrogens is 468 g/mol. The maximum Gasteiger partial charge on any atom is 0.259 e. The van der Waals surface area contributed by atoms with Crippen LogP contribution in [-0.4, -0.2) is 39.4 Å². The number of para-hydroxylation sites is 2. The Hall–Kier alpha value is -4.19. The summed E-state index contributed by atoms with van der Waals surface area (Å²) in [5.74, 6) is -1.90. The van der Waals surface area contributed by atoms with Crippen LogP contribution in [0.15, 0.2) is 48.5 Å². The molecule has 0 bridgehead atoms. The third kappa shape index (κ3) is 2.52. The molecule has 1 unspecified atom stereocenters. The molecule has 0 spiro atoms. The minimum absolute atomic E-state index is 0.202. The highest BCUT2D eigenvalue weighted by Crippen LogP contribution is 2.51. The third-order valence-electron chi connectivity index (χ3n) is 8.22. The number of aromatic nitrogens is 2. The Bertz CT molecular complexity index is 1910. The molecule has 2 fully saturated rings. The van der Waals surface area contributed by atoms with Crippen LogP contribution in [0.2, 0.25) is 0 Å². The highest BCUT2D eigenvalue weighted by atomic mass is 16.8. The number of amides is 2. The van der Waals surface area contributed by atoms with Crippen molar-refractivity contribution < 1.29 is 19.1 Å². The first-order valence-electron chi connectivity index (χ1n) is 12.5. The summed E-state index contributed by atoms with van der Waals surface area (Å²) in [7, 11) is 0. The summed E-state index contributed by atoms with van der Waals surface area (Å²) < 4.78 is 14.8. The molecule has 2 amide bonds. The number of carbonyl (C=O) groups is 2. The van der Waals surface area contributed by atoms with E-state index in [1.807, 2.05) is 62.4 Å². The van der Waals surface area contributed by atoms with Gasteiger partial charge in [-0.2, -0.15) is 5.26 Å². The molecule has 8 rings (SSSR count). The Kier molecular flexibility index (Phi) is 3.83. The Morgan fingerprint density at radius 2 is 1.62 bits per heavy atom. The van der Waals surface area contributed by atoms with Gasteiger partial charge in [-0.05, 0) is 32.4 Å². The molecular formula is C29H22N4O4. The summed E-state index contributed by atoms with van der Waals surface area (Å²) in [6, 6.07) is 18.0. The van der Waals surface area contributed by atoms with Gasteiger partial charge in [0.05, 0.1) is 40.2 Å². The molecule has 5 aromatic rings. The van der Waals surface area contributed by atoms with Gasteiger partial charge in [0.15, 0.2) is 5.79 Å². The number of H-pyrrole nitrogens is 1. The van der Waals surface area contributed by atoms with Crippen molar-refractivity contribution in [2.75, 3.05) is 0 Å². The van der Waals surface area contributed by atoms with Crippen LogP contribution < -0.4 is 5.32 Å². The molecule has 4 atom stereocenters. The second-order valence-corrected chi connectivity index (χ2v) is 10.7. The number of imide groups is 1. The standard InChI is InChI=1S/C29H22N4O4/c1-29(2)36-25-13(12-30)11-18(26(25)37-29)33-17-10-6-4-8-15(17)20-22-21(27(34)32-28(22)35)19-14-7-3-5-9-16(14)31-23(19)24(20)33/h3-10,13,18,25-26,31H,11H2,1-2H3,(H,32,34,35)/t13-,18?,25+,26-/m0/s1. The van der Waals surface area contributed by atoms with Crippen LogP contribution in [0.4, 0.5) is 0 Å². The summed E-state index contributed by atoms with van der Waals surface area (Å²) in [6.45, 7) is 3.75. The SMILES string of the molecule is CC1(C)O[C@@H]2[C@H](C#N)CC(n3c4ccccc4c4c5c(c6c7ccccc7[nH]c6c43)C(=O)NC5=O)[C@@H]2O1. The van der Waals surface area contributed by atoms with E-state index in [1.54, 1.807) is 0 Å². The number of hydrogen-bond acceptors (Lipinski definition) is 5. The van der Waals surface area contributed by atoms with Gasteiger partial charge in [-0.3, -0.25) is 14.9 Å². The van der Waals surface area contributed by atoms with E-state index in [0.717, 1.165) is 43.6 Å². The predicted octanol–water partition coefficient (Wildman–Crippen LogP) is 4.92. The van der Waals surface area contributed by atoms with Crippen LogP contribution >= 0.6 is 0 Å². The fourth-order valence-corrected chi connectivity index (χ4v) is 6.95. The smallest absolute Gasteiger partial charge is 0.259 e. The molecule has 1 saturated heterocycles. The van der Waals surface area contributed by atoms with E-state index in [0.29, 0.717) is 17.5 Å². The summed E-state index contributed by atoms with van der Waals surface area (Å²) in [5.41, 5.74) is 4.26. The van der Waals surface area contributed by atoms with Crippen LogP contribution in [0.25, 0.3) is 43.6 Å². The summed E-state index contributed by atoms with van der Waals surface area (Å²) >= 11 is 0. The Labute approximate surface area is 210 Å². The van der Waals surface area contributed by atoms with Crippen molar-refractivity contribution in [1.29, 1.82) is 5.26 Å². The monoisotopic (exact) mass is 490 g/mol. The maximum atomic E-state index is 13.3. The number of fused-ring (bicyclic) bond motifs is 11. The molecule has 4 heterocycles. The Balaban J connectivity index is 1.57. The lowest BCUT2D eigenvalue weighted by Gasteiger charge is -2.25. The summed E-state index contributed by atoms with van der Waals surface area (Å²) in [5, 5.41) is 15.8. The molecule has 3 aromatic carbocycles. The van der Waals surface area contributed by atoms with Crippen molar-refractivity contribution in [2.45, 2.75) is 44.3 Å².